The quantitative estimate of drug-likeness (QED) is 0.133. The van der Waals surface area contributed by atoms with Gasteiger partial charge >= 0.3 is 0 Å². The van der Waals surface area contributed by atoms with Crippen LogP contribution < -0.4 is 4.57 Å². The van der Waals surface area contributed by atoms with Gasteiger partial charge in [0.25, 0.3) is 0 Å². The second-order valence-electron chi connectivity index (χ2n) is 10.3. The molecule has 0 aliphatic carbocycles. The fourth-order valence-corrected chi connectivity index (χ4v) is 4.85. The number of fused-ring (bicyclic) bond motifs is 3. The molecule has 0 aliphatic heterocycles. The number of hydrogen-bond acceptors (Lipinski definition) is 3. The van der Waals surface area contributed by atoms with Crippen LogP contribution in [0.15, 0.2) is 156 Å². The number of aromatic nitrogens is 3. The average Bonchev–Trinajstić information content (AvgIpc) is 3.48. The van der Waals surface area contributed by atoms with Gasteiger partial charge in [-0.25, -0.2) is 0 Å². The molecule has 0 bridgehead atoms. The first-order valence-corrected chi connectivity index (χ1v) is 14.6. The Bertz CT molecular complexity index is 2090. The molecule has 4 nitrogen and oxygen atoms in total. The fourth-order valence-electron chi connectivity index (χ4n) is 4.85. The number of aryl methyl sites for hydroxylation is 1. The van der Waals surface area contributed by atoms with E-state index in [1.165, 1.54) is 5.56 Å². The topological polar surface area (TPSA) is 42.8 Å². The summed E-state index contributed by atoms with van der Waals surface area (Å²) in [7, 11) is 3.89. The van der Waals surface area contributed by atoms with Crippen molar-refractivity contribution in [1.82, 2.24) is 9.97 Å². The van der Waals surface area contributed by atoms with Crippen LogP contribution in [-0.4, -0.2) is 9.97 Å². The summed E-state index contributed by atoms with van der Waals surface area (Å²) in [4.78, 5) is 8.64. The van der Waals surface area contributed by atoms with E-state index >= 15 is 0 Å². The Morgan fingerprint density at radius 1 is 0.609 bits per heavy atom. The van der Waals surface area contributed by atoms with Crippen molar-refractivity contribution in [3.63, 3.8) is 0 Å². The van der Waals surface area contributed by atoms with Crippen molar-refractivity contribution in [2.45, 2.75) is 6.92 Å². The van der Waals surface area contributed by atoms with E-state index in [1.54, 1.807) is 6.20 Å². The number of furan rings is 1. The standard InChI is InChI=1S/C18H12NO.C12H10N.C11H8N.Ir/c1-12-8-9-19-16(10-12)13-6-7-18-15(11-13)14-4-2-3-5-17(14)20-18;1-13-10-6-5-9-12(13)11-7-3-2-4-8-11;1-2-6-10(7-3-1)11-8-4-5-9-12-11;/h2-5,7-11H,1H3;2-7,9-10H,1H2;1-6,8-9H;/q3*-1;. The molecule has 0 aliphatic rings. The maximum atomic E-state index is 5.82. The second kappa shape index (κ2) is 15.6. The largest absolute Gasteiger partial charge is 0.500 e. The maximum absolute atomic E-state index is 5.82. The van der Waals surface area contributed by atoms with Crippen LogP contribution >= 0.6 is 0 Å². The van der Waals surface area contributed by atoms with Crippen molar-refractivity contribution in [3.8, 4) is 33.8 Å². The summed E-state index contributed by atoms with van der Waals surface area (Å²) in [5.41, 5.74) is 9.05. The number of benzene rings is 4. The van der Waals surface area contributed by atoms with E-state index in [4.69, 9.17) is 4.42 Å². The fraction of sp³-hybridized carbons (Fsp3) is 0.0244. The summed E-state index contributed by atoms with van der Waals surface area (Å²) in [6.07, 6.45) is 5.54. The van der Waals surface area contributed by atoms with Gasteiger partial charge in [0.1, 0.15) is 11.3 Å². The molecule has 5 heteroatoms. The van der Waals surface area contributed by atoms with Gasteiger partial charge in [-0.15, -0.1) is 90.0 Å². The molecule has 1 radical (unpaired) electrons. The van der Waals surface area contributed by atoms with Crippen molar-refractivity contribution in [1.29, 1.82) is 0 Å². The van der Waals surface area contributed by atoms with E-state index < -0.39 is 0 Å². The van der Waals surface area contributed by atoms with Crippen LogP contribution in [0.1, 0.15) is 5.56 Å². The van der Waals surface area contributed by atoms with Crippen molar-refractivity contribution in [2.24, 2.45) is 0 Å². The van der Waals surface area contributed by atoms with Gasteiger partial charge in [0, 0.05) is 44.9 Å². The molecule has 0 saturated heterocycles. The van der Waals surface area contributed by atoms with Gasteiger partial charge in [-0.2, -0.15) is 0 Å². The predicted molar refractivity (Wildman–Crippen MR) is 181 cm³/mol. The van der Waals surface area contributed by atoms with Crippen LogP contribution in [0.2, 0.25) is 0 Å². The van der Waals surface area contributed by atoms with Crippen molar-refractivity contribution in [3.05, 3.63) is 183 Å². The van der Waals surface area contributed by atoms with Crippen LogP contribution in [0.5, 0.6) is 0 Å². The van der Waals surface area contributed by atoms with Gasteiger partial charge in [-0.1, -0.05) is 65.0 Å². The third-order valence-electron chi connectivity index (χ3n) is 7.08. The van der Waals surface area contributed by atoms with Crippen molar-refractivity contribution >= 4 is 21.9 Å². The third-order valence-corrected chi connectivity index (χ3v) is 7.08. The van der Waals surface area contributed by atoms with Gasteiger partial charge in [0.05, 0.1) is 11.8 Å². The number of rotatable bonds is 3. The van der Waals surface area contributed by atoms with Crippen molar-refractivity contribution < 1.29 is 29.1 Å². The minimum absolute atomic E-state index is 0. The Labute approximate surface area is 283 Å². The summed E-state index contributed by atoms with van der Waals surface area (Å²) < 4.78 is 7.65. The molecule has 0 fully saturated rings. The molecule has 8 rings (SSSR count). The van der Waals surface area contributed by atoms with Gasteiger partial charge < -0.3 is 19.0 Å². The van der Waals surface area contributed by atoms with Crippen molar-refractivity contribution in [2.75, 3.05) is 0 Å². The van der Waals surface area contributed by atoms with E-state index in [2.05, 4.69) is 60.3 Å². The average molecular weight is 773 g/mol. The Morgan fingerprint density at radius 3 is 2.04 bits per heavy atom. The zero-order chi connectivity index (χ0) is 30.8. The number of hydrogen-bond donors (Lipinski definition) is 0. The SMILES string of the molecule is Cc1ccnc(-c2[c-]cc3oc4ccccc4c3c2)c1.[CH2-][n+]1ccccc1-c1[c-]cccc1.[Ir].[c-]1ccccc1-c1ccccn1. The third kappa shape index (κ3) is 7.83. The summed E-state index contributed by atoms with van der Waals surface area (Å²) >= 11 is 0. The molecule has 4 aromatic carbocycles. The molecule has 4 heterocycles. The van der Waals surface area contributed by atoms with Crippen LogP contribution in [0.25, 0.3) is 55.7 Å². The molecular weight excluding hydrogens is 743 g/mol. The van der Waals surface area contributed by atoms with E-state index in [0.29, 0.717) is 0 Å². The van der Waals surface area contributed by atoms with Gasteiger partial charge in [0.15, 0.2) is 0 Å². The Hall–Kier alpha value is -5.35. The molecule has 0 amide bonds. The number of nitrogens with zero attached hydrogens (tertiary/aromatic N) is 3. The molecule has 0 spiro atoms. The second-order valence-corrected chi connectivity index (χ2v) is 10.3. The van der Waals surface area contributed by atoms with Gasteiger partial charge in [0.2, 0.25) is 0 Å². The Kier molecular flexibility index (Phi) is 10.9. The minimum Gasteiger partial charge on any atom is -0.500 e. The Balaban J connectivity index is 0.000000141. The molecule has 0 unspecified atom stereocenters. The van der Waals surface area contributed by atoms with Gasteiger partial charge in [-0.05, 0) is 42.6 Å². The molecule has 0 atom stereocenters. The normalized spacial score (nSPS) is 10.2. The zero-order valence-electron chi connectivity index (χ0n) is 25.2. The van der Waals surface area contributed by atoms with Gasteiger partial charge in [-0.3, -0.25) is 0 Å². The van der Waals surface area contributed by atoms with E-state index in [-0.39, 0.29) is 20.1 Å². The summed E-state index contributed by atoms with van der Waals surface area (Å²) in [6, 6.07) is 53.2. The molecule has 4 aromatic heterocycles. The Morgan fingerprint density at radius 2 is 1.33 bits per heavy atom. The monoisotopic (exact) mass is 773 g/mol. The first-order valence-electron chi connectivity index (χ1n) is 14.6. The first kappa shape index (κ1) is 32.1. The van der Waals surface area contributed by atoms with Crippen LogP contribution in [0, 0.1) is 32.2 Å². The molecule has 0 N–H and O–H groups in total. The van der Waals surface area contributed by atoms with Crippen LogP contribution in [0.4, 0.5) is 0 Å². The van der Waals surface area contributed by atoms with E-state index in [0.717, 1.165) is 55.7 Å². The first-order chi connectivity index (χ1) is 22.2. The number of para-hydroxylation sites is 1. The molecular formula is C41H30IrN3O-3. The molecule has 8 aromatic rings. The number of pyridine rings is 3. The summed E-state index contributed by atoms with van der Waals surface area (Å²) in [5.74, 6) is 0. The van der Waals surface area contributed by atoms with Crippen LogP contribution in [-0.2, 0) is 20.1 Å². The molecule has 227 valence electrons. The summed E-state index contributed by atoms with van der Waals surface area (Å²) in [5, 5.41) is 2.24. The molecule has 46 heavy (non-hydrogen) atoms. The van der Waals surface area contributed by atoms with Crippen LogP contribution in [0.3, 0.4) is 0 Å². The smallest absolute Gasteiger partial charge is 0.120 e. The predicted octanol–water partition coefficient (Wildman–Crippen LogP) is 9.38. The maximum Gasteiger partial charge on any atom is 0.120 e. The summed E-state index contributed by atoms with van der Waals surface area (Å²) in [6.45, 7) is 2.07. The zero-order valence-corrected chi connectivity index (χ0v) is 27.6. The van der Waals surface area contributed by atoms with E-state index in [9.17, 15) is 0 Å². The molecule has 0 saturated carbocycles. The van der Waals surface area contributed by atoms with E-state index in [1.807, 2.05) is 132 Å². The minimum atomic E-state index is 0.